The third kappa shape index (κ3) is 6.91. The van der Waals surface area contributed by atoms with E-state index in [0.29, 0.717) is 13.1 Å². The summed E-state index contributed by atoms with van der Waals surface area (Å²) in [4.78, 5) is 27.1. The first kappa shape index (κ1) is 17.9. The van der Waals surface area contributed by atoms with E-state index in [9.17, 15) is 9.59 Å². The minimum atomic E-state index is -0.746. The summed E-state index contributed by atoms with van der Waals surface area (Å²) in [6.07, 6.45) is 1.91. The Kier molecular flexibility index (Phi) is 7.67. The predicted molar refractivity (Wildman–Crippen MR) is 82.2 cm³/mol. The maximum absolute atomic E-state index is 11.9. The van der Waals surface area contributed by atoms with Gasteiger partial charge in [-0.1, -0.05) is 13.8 Å². The van der Waals surface area contributed by atoms with Crippen LogP contribution in [0.2, 0.25) is 0 Å². The molecule has 0 aromatic carbocycles. The van der Waals surface area contributed by atoms with Crippen LogP contribution in [0.4, 0.5) is 0 Å². The molecule has 1 amide bonds. The smallest absolute Gasteiger partial charge is 0.307 e. The Morgan fingerprint density at radius 3 is 2.38 bits per heavy atom. The van der Waals surface area contributed by atoms with Crippen molar-refractivity contribution in [2.75, 3.05) is 39.3 Å². The van der Waals surface area contributed by atoms with E-state index < -0.39 is 5.97 Å². The molecule has 0 spiro atoms. The summed E-state index contributed by atoms with van der Waals surface area (Å²) in [5.41, 5.74) is 0. The van der Waals surface area contributed by atoms with Gasteiger partial charge in [0.15, 0.2) is 0 Å². The van der Waals surface area contributed by atoms with Crippen molar-refractivity contribution in [3.63, 3.8) is 0 Å². The van der Waals surface area contributed by atoms with Gasteiger partial charge in [-0.25, -0.2) is 0 Å². The number of hydrogen-bond donors (Lipinski definition) is 2. The lowest BCUT2D eigenvalue weighted by Crippen LogP contribution is -2.42. The van der Waals surface area contributed by atoms with Crippen molar-refractivity contribution in [2.24, 2.45) is 5.92 Å². The number of rotatable bonds is 7. The minimum absolute atomic E-state index is 0.0803. The Hall–Kier alpha value is -1.14. The van der Waals surface area contributed by atoms with E-state index in [-0.39, 0.29) is 17.9 Å². The van der Waals surface area contributed by atoms with Crippen LogP contribution in [0.25, 0.3) is 0 Å². The third-order valence-corrected chi connectivity index (χ3v) is 4.02. The quantitative estimate of drug-likeness (QED) is 0.721. The van der Waals surface area contributed by atoms with Gasteiger partial charge in [0.25, 0.3) is 0 Å². The van der Waals surface area contributed by atoms with Crippen molar-refractivity contribution in [3.05, 3.63) is 0 Å². The van der Waals surface area contributed by atoms with Gasteiger partial charge in [-0.05, 0) is 32.9 Å². The van der Waals surface area contributed by atoms with Crippen LogP contribution in [0.1, 0.15) is 33.6 Å². The SMILES string of the molecule is CCC(C)NC(=O)CN1CCCN(CC(C)C(=O)O)CC1. The van der Waals surface area contributed by atoms with Gasteiger partial charge < -0.3 is 15.3 Å². The first-order chi connectivity index (χ1) is 9.92. The summed E-state index contributed by atoms with van der Waals surface area (Å²) >= 11 is 0. The molecule has 0 aliphatic carbocycles. The fourth-order valence-electron chi connectivity index (χ4n) is 2.46. The molecule has 122 valence electrons. The zero-order valence-corrected chi connectivity index (χ0v) is 13.5. The largest absolute Gasteiger partial charge is 0.481 e. The highest BCUT2D eigenvalue weighted by molar-refractivity contribution is 5.78. The number of carboxylic acid groups (broad SMARTS) is 1. The highest BCUT2D eigenvalue weighted by Gasteiger charge is 2.20. The standard InChI is InChI=1S/C15H29N3O3/c1-4-13(3)16-14(19)11-18-7-5-6-17(8-9-18)10-12(2)15(20)21/h12-13H,4-11H2,1-3H3,(H,16,19)(H,20,21). The highest BCUT2D eigenvalue weighted by atomic mass is 16.4. The lowest BCUT2D eigenvalue weighted by molar-refractivity contribution is -0.141. The van der Waals surface area contributed by atoms with Gasteiger partial charge in [-0.2, -0.15) is 0 Å². The average molecular weight is 299 g/mol. The monoisotopic (exact) mass is 299 g/mol. The maximum atomic E-state index is 11.9. The molecule has 0 aromatic heterocycles. The molecule has 1 rings (SSSR count). The number of carbonyl (C=O) groups is 2. The number of amides is 1. The second kappa shape index (κ2) is 9.00. The topological polar surface area (TPSA) is 72.9 Å². The van der Waals surface area contributed by atoms with Gasteiger partial charge in [-0.3, -0.25) is 14.5 Å². The van der Waals surface area contributed by atoms with Crippen molar-refractivity contribution in [2.45, 2.75) is 39.7 Å². The maximum Gasteiger partial charge on any atom is 0.307 e. The average Bonchev–Trinajstić information content (AvgIpc) is 2.64. The van der Waals surface area contributed by atoms with Crippen molar-refractivity contribution < 1.29 is 14.7 Å². The van der Waals surface area contributed by atoms with Crippen LogP contribution in [-0.4, -0.2) is 72.1 Å². The van der Waals surface area contributed by atoms with Crippen LogP contribution < -0.4 is 5.32 Å². The van der Waals surface area contributed by atoms with Crippen molar-refractivity contribution in [1.29, 1.82) is 0 Å². The van der Waals surface area contributed by atoms with Gasteiger partial charge in [0.05, 0.1) is 12.5 Å². The van der Waals surface area contributed by atoms with E-state index in [1.807, 2.05) is 6.92 Å². The summed E-state index contributed by atoms with van der Waals surface area (Å²) in [6, 6.07) is 0.220. The second-order valence-electron chi connectivity index (χ2n) is 6.05. The van der Waals surface area contributed by atoms with Crippen LogP contribution in [0, 0.1) is 5.92 Å². The Bertz CT molecular complexity index is 349. The molecule has 2 atom stereocenters. The lowest BCUT2D eigenvalue weighted by atomic mass is 10.1. The van der Waals surface area contributed by atoms with Crippen LogP contribution >= 0.6 is 0 Å². The molecule has 2 unspecified atom stereocenters. The molecule has 21 heavy (non-hydrogen) atoms. The number of aliphatic carboxylic acids is 1. The molecule has 1 fully saturated rings. The highest BCUT2D eigenvalue weighted by Crippen LogP contribution is 2.06. The zero-order valence-electron chi connectivity index (χ0n) is 13.5. The summed E-state index contributed by atoms with van der Waals surface area (Å²) in [5, 5.41) is 12.0. The summed E-state index contributed by atoms with van der Waals surface area (Å²) in [7, 11) is 0. The lowest BCUT2D eigenvalue weighted by Gasteiger charge is -2.23. The summed E-state index contributed by atoms with van der Waals surface area (Å²) in [5.74, 6) is -1.01. The molecule has 6 heteroatoms. The molecule has 2 N–H and O–H groups in total. The van der Waals surface area contributed by atoms with Gasteiger partial charge in [0.1, 0.15) is 0 Å². The van der Waals surface area contributed by atoms with Crippen molar-refractivity contribution in [3.8, 4) is 0 Å². The van der Waals surface area contributed by atoms with E-state index in [2.05, 4.69) is 22.0 Å². The Labute approximate surface area is 127 Å². The van der Waals surface area contributed by atoms with Crippen LogP contribution in [-0.2, 0) is 9.59 Å². The second-order valence-corrected chi connectivity index (χ2v) is 6.05. The van der Waals surface area contributed by atoms with E-state index >= 15 is 0 Å². The molecule has 1 saturated heterocycles. The number of carboxylic acids is 1. The molecular weight excluding hydrogens is 270 g/mol. The van der Waals surface area contributed by atoms with E-state index in [4.69, 9.17) is 5.11 Å². The molecule has 1 aliphatic heterocycles. The third-order valence-electron chi connectivity index (χ3n) is 4.02. The molecule has 0 saturated carbocycles. The van der Waals surface area contributed by atoms with Crippen LogP contribution in [0.3, 0.4) is 0 Å². The van der Waals surface area contributed by atoms with E-state index in [0.717, 1.165) is 39.0 Å². The fourth-order valence-corrected chi connectivity index (χ4v) is 2.46. The van der Waals surface area contributed by atoms with E-state index in [1.54, 1.807) is 6.92 Å². The van der Waals surface area contributed by atoms with Crippen molar-refractivity contribution in [1.82, 2.24) is 15.1 Å². The Balaban J connectivity index is 2.35. The molecule has 1 aliphatic rings. The molecule has 1 heterocycles. The molecule has 0 aromatic rings. The summed E-state index contributed by atoms with van der Waals surface area (Å²) < 4.78 is 0. The Morgan fingerprint density at radius 1 is 1.14 bits per heavy atom. The van der Waals surface area contributed by atoms with Gasteiger partial charge in [0, 0.05) is 25.7 Å². The first-order valence-electron chi connectivity index (χ1n) is 7.89. The number of nitrogens with one attached hydrogen (secondary N) is 1. The van der Waals surface area contributed by atoms with Crippen LogP contribution in [0.15, 0.2) is 0 Å². The number of carbonyl (C=O) groups excluding carboxylic acids is 1. The normalized spacial score (nSPS) is 20.5. The number of nitrogens with zero attached hydrogens (tertiary/aromatic N) is 2. The zero-order chi connectivity index (χ0) is 15.8. The molecular formula is C15H29N3O3. The van der Waals surface area contributed by atoms with E-state index in [1.165, 1.54) is 0 Å². The van der Waals surface area contributed by atoms with Crippen molar-refractivity contribution >= 4 is 11.9 Å². The number of hydrogen-bond acceptors (Lipinski definition) is 4. The van der Waals surface area contributed by atoms with Gasteiger partial charge in [0.2, 0.25) is 5.91 Å². The van der Waals surface area contributed by atoms with Gasteiger partial charge in [-0.15, -0.1) is 0 Å². The Morgan fingerprint density at radius 2 is 1.76 bits per heavy atom. The predicted octanol–water partition coefficient (Wildman–Crippen LogP) is 0.630. The minimum Gasteiger partial charge on any atom is -0.481 e. The van der Waals surface area contributed by atoms with Crippen LogP contribution in [0.5, 0.6) is 0 Å². The molecule has 0 radical (unpaired) electrons. The molecule has 0 bridgehead atoms. The fraction of sp³-hybridized carbons (Fsp3) is 0.867. The first-order valence-corrected chi connectivity index (χ1v) is 7.89. The summed E-state index contributed by atoms with van der Waals surface area (Å²) in [6.45, 7) is 10.3. The molecule has 6 nitrogen and oxygen atoms in total. The van der Waals surface area contributed by atoms with Gasteiger partial charge >= 0.3 is 5.97 Å².